The van der Waals surface area contributed by atoms with Gasteiger partial charge in [-0.25, -0.2) is 19.4 Å². The number of unbranched alkanes of at least 4 members (excludes halogenated alkanes) is 3. The number of fused-ring (bicyclic) bond motifs is 2. The number of halogens is 2. The van der Waals surface area contributed by atoms with Crippen molar-refractivity contribution in [3.8, 4) is 17.4 Å². The molecule has 0 spiro atoms. The highest BCUT2D eigenvalue weighted by atomic mass is 35.5. The van der Waals surface area contributed by atoms with Crippen LogP contribution in [0.1, 0.15) is 80.0 Å². The van der Waals surface area contributed by atoms with Crippen molar-refractivity contribution < 1.29 is 82.1 Å². The number of aromatic nitrogens is 1. The highest BCUT2D eigenvalue weighted by molar-refractivity contribution is 6.37. The summed E-state index contributed by atoms with van der Waals surface area (Å²) in [6, 6.07) is 10.3. The fourth-order valence-electron chi connectivity index (χ4n) is 8.70. The van der Waals surface area contributed by atoms with E-state index in [-0.39, 0.29) is 135 Å². The Hall–Kier alpha value is -7.81. The van der Waals surface area contributed by atoms with Crippen LogP contribution in [0.15, 0.2) is 54.2 Å². The van der Waals surface area contributed by atoms with Crippen LogP contribution in [0.4, 0.5) is 14.4 Å². The highest BCUT2D eigenvalue weighted by Crippen LogP contribution is 2.42. The molecule has 3 aromatic rings. The number of carbonyl (C=O) groups excluding carboxylic acids is 4. The first-order chi connectivity index (χ1) is 38.0. The van der Waals surface area contributed by atoms with Crippen LogP contribution < -0.4 is 14.2 Å². The lowest BCUT2D eigenvalue weighted by Crippen LogP contribution is -2.65. The fraction of sp³-hybridized carbons (Fsp3) is 0.540. The zero-order valence-electron chi connectivity index (χ0n) is 43.5. The number of aryl methyl sites for hydroxylation is 1. The van der Waals surface area contributed by atoms with Gasteiger partial charge in [0, 0.05) is 43.0 Å². The summed E-state index contributed by atoms with van der Waals surface area (Å²) in [7, 11) is 0. The molecule has 27 nitrogen and oxygen atoms in total. The molecule has 3 aliphatic rings. The summed E-state index contributed by atoms with van der Waals surface area (Å²) in [4.78, 5) is 109. The van der Waals surface area contributed by atoms with Gasteiger partial charge in [-0.1, -0.05) is 35.3 Å². The third-order valence-corrected chi connectivity index (χ3v) is 13.1. The van der Waals surface area contributed by atoms with E-state index in [1.54, 1.807) is 54.3 Å². The fourth-order valence-corrected chi connectivity index (χ4v) is 9.40. The molecule has 430 valence electrons. The van der Waals surface area contributed by atoms with E-state index < -0.39 is 51.6 Å². The van der Waals surface area contributed by atoms with Crippen LogP contribution in [-0.4, -0.2) is 156 Å². The first-order valence-electron chi connectivity index (χ1n) is 25.4. The van der Waals surface area contributed by atoms with Gasteiger partial charge >= 0.3 is 18.3 Å². The van der Waals surface area contributed by atoms with Gasteiger partial charge in [0.05, 0.1) is 61.8 Å². The minimum atomic E-state index is -1.08. The minimum Gasteiger partial charge on any atom is -0.490 e. The SMILES string of the molecule is Cc1cc(Cl)c(OCCOc2ccc(C3=C(C(=O)N(Cc4ccnc(OCCOC(=O)OCCCCO[N+](=O)[O-])c4C)C4CC4)C4CN(C(=O)OCCCCO[N+](=O)[O-])CC(C3)N4C(=O)OCCCCO[N+](=O)[O-])cc2)c(Cl)c1. The average molecular weight is 1150 g/mol. The largest absolute Gasteiger partial charge is 0.508 e. The number of amides is 3. The maximum absolute atomic E-state index is 15.7. The van der Waals surface area contributed by atoms with E-state index in [2.05, 4.69) is 19.5 Å². The van der Waals surface area contributed by atoms with Crippen LogP contribution in [0.5, 0.6) is 17.4 Å². The van der Waals surface area contributed by atoms with Crippen LogP contribution >= 0.6 is 23.2 Å². The van der Waals surface area contributed by atoms with Crippen molar-refractivity contribution >= 4 is 53.0 Å². The molecule has 2 atom stereocenters. The van der Waals surface area contributed by atoms with E-state index in [0.29, 0.717) is 69.5 Å². The van der Waals surface area contributed by atoms with Crippen LogP contribution in [0.25, 0.3) is 5.57 Å². The molecular weight excluding hydrogens is 1090 g/mol. The topological polar surface area (TPSA) is 313 Å². The molecule has 29 heteroatoms. The maximum Gasteiger partial charge on any atom is 0.508 e. The van der Waals surface area contributed by atoms with Crippen LogP contribution in [0.3, 0.4) is 0 Å². The lowest BCUT2D eigenvalue weighted by molar-refractivity contribution is -0.757. The van der Waals surface area contributed by atoms with Crippen molar-refractivity contribution in [3.05, 3.63) is 117 Å². The summed E-state index contributed by atoms with van der Waals surface area (Å²) in [5.41, 5.74) is 3.62. The van der Waals surface area contributed by atoms with Crippen LogP contribution in [-0.2, 0) is 44.8 Å². The number of nitrogens with zero attached hydrogens (tertiary/aromatic N) is 7. The molecular formula is C50H61Cl2N7O20. The van der Waals surface area contributed by atoms with Gasteiger partial charge < -0.3 is 57.5 Å². The van der Waals surface area contributed by atoms with Gasteiger partial charge in [0.25, 0.3) is 21.2 Å². The molecule has 1 aliphatic carbocycles. The molecule has 6 rings (SSSR count). The molecule has 2 fully saturated rings. The molecule has 3 heterocycles. The van der Waals surface area contributed by atoms with Gasteiger partial charge in [-0.15, -0.1) is 30.3 Å². The number of ether oxygens (including phenoxy) is 7. The van der Waals surface area contributed by atoms with Crippen LogP contribution in [0.2, 0.25) is 10.0 Å². The average Bonchev–Trinajstić information content (AvgIpc) is 4.29. The molecule has 0 N–H and O–H groups in total. The van der Waals surface area contributed by atoms with Crippen molar-refractivity contribution in [2.45, 2.75) is 96.3 Å². The first-order valence-corrected chi connectivity index (χ1v) is 26.2. The van der Waals surface area contributed by atoms with E-state index in [1.165, 1.54) is 16.0 Å². The van der Waals surface area contributed by atoms with Crippen molar-refractivity contribution in [2.24, 2.45) is 0 Å². The number of hydrogen-bond acceptors (Lipinski definition) is 21. The highest BCUT2D eigenvalue weighted by Gasteiger charge is 2.50. The van der Waals surface area contributed by atoms with Gasteiger partial charge in [-0.2, -0.15) is 0 Å². The first kappa shape index (κ1) is 60.4. The quantitative estimate of drug-likeness (QED) is 0.0188. The molecule has 1 saturated carbocycles. The summed E-state index contributed by atoms with van der Waals surface area (Å²) in [6.07, 6.45) is 2.04. The molecule has 1 saturated heterocycles. The Bertz CT molecular complexity index is 2620. The summed E-state index contributed by atoms with van der Waals surface area (Å²) in [6.45, 7) is 2.67. The monoisotopic (exact) mass is 1150 g/mol. The van der Waals surface area contributed by atoms with Gasteiger partial charge in [0.1, 0.15) is 32.2 Å². The predicted molar refractivity (Wildman–Crippen MR) is 276 cm³/mol. The predicted octanol–water partition coefficient (Wildman–Crippen LogP) is 7.94. The Balaban J connectivity index is 1.25. The number of benzene rings is 2. The van der Waals surface area contributed by atoms with Crippen LogP contribution in [0, 0.1) is 44.2 Å². The standard InChI is InChI=1S/C50H61Cl2N7O20/c1-33-27-41(51)45(42(52)28-33)71-24-23-70-39-13-9-35(10-14-39)40-29-38-31-54(48(61)73-17-3-6-20-77-57(64)65)32-43(56(38)49(62)74-18-4-7-21-78-58(66)67)44(40)47(60)55(37-11-12-37)30-36-15-16-53-46(34(36)2)72-25-26-76-50(63)75-19-5-8-22-79-59(68)69/h9-10,13-16,27-28,37-38,43H,3-8,11-12,17-26,29-32H2,1-2H3. The van der Waals surface area contributed by atoms with E-state index in [0.717, 1.165) is 5.56 Å². The zero-order chi connectivity index (χ0) is 56.8. The number of piperazine rings is 1. The number of rotatable bonds is 32. The molecule has 0 radical (unpaired) electrons. The second-order valence-corrected chi connectivity index (χ2v) is 19.1. The summed E-state index contributed by atoms with van der Waals surface area (Å²) in [5, 5.41) is 29.6. The molecule has 79 heavy (non-hydrogen) atoms. The van der Waals surface area contributed by atoms with E-state index in [4.69, 9.17) is 56.4 Å². The van der Waals surface area contributed by atoms with Gasteiger partial charge in [0.15, 0.2) is 5.75 Å². The second kappa shape index (κ2) is 30.4. The second-order valence-electron chi connectivity index (χ2n) is 18.2. The Morgan fingerprint density at radius 1 is 0.671 bits per heavy atom. The van der Waals surface area contributed by atoms with Gasteiger partial charge in [-0.05, 0) is 124 Å². The van der Waals surface area contributed by atoms with E-state index >= 15 is 4.79 Å². The molecule has 2 aromatic carbocycles. The molecule has 1 aromatic heterocycles. The van der Waals surface area contributed by atoms with Gasteiger partial charge in [0.2, 0.25) is 5.88 Å². The third-order valence-electron chi connectivity index (χ3n) is 12.6. The molecule has 2 unspecified atom stereocenters. The number of carbonyl (C=O) groups is 4. The van der Waals surface area contributed by atoms with E-state index in [9.17, 15) is 44.7 Å². The van der Waals surface area contributed by atoms with Crippen molar-refractivity contribution in [1.82, 2.24) is 19.7 Å². The maximum atomic E-state index is 15.7. The lowest BCUT2D eigenvalue weighted by Gasteiger charge is -2.50. The lowest BCUT2D eigenvalue weighted by atomic mass is 9.81. The Kier molecular flexibility index (Phi) is 23.2. The normalized spacial score (nSPS) is 15.5. The molecule has 2 aliphatic heterocycles. The molecule has 2 bridgehead atoms. The van der Waals surface area contributed by atoms with Crippen molar-refractivity contribution in [3.63, 3.8) is 0 Å². The smallest absolute Gasteiger partial charge is 0.490 e. The minimum absolute atomic E-state index is 0.0199. The van der Waals surface area contributed by atoms with Crippen molar-refractivity contribution in [2.75, 3.05) is 79.2 Å². The van der Waals surface area contributed by atoms with Crippen molar-refractivity contribution in [1.29, 1.82) is 0 Å². The van der Waals surface area contributed by atoms with Gasteiger partial charge in [-0.3, -0.25) is 9.69 Å². The Labute approximate surface area is 463 Å². The molecule has 3 amide bonds. The zero-order valence-corrected chi connectivity index (χ0v) is 45.0. The summed E-state index contributed by atoms with van der Waals surface area (Å²) in [5.74, 6) is 0.613. The summed E-state index contributed by atoms with van der Waals surface area (Å²) < 4.78 is 39.2. The third kappa shape index (κ3) is 18.7. The van der Waals surface area contributed by atoms with E-state index in [1.807, 2.05) is 6.92 Å². The Morgan fingerprint density at radius 3 is 1.81 bits per heavy atom. The number of pyridine rings is 1. The number of hydrogen-bond donors (Lipinski definition) is 0. The summed E-state index contributed by atoms with van der Waals surface area (Å²) >= 11 is 12.7. The Morgan fingerprint density at radius 2 is 1.22 bits per heavy atom.